The highest BCUT2D eigenvalue weighted by Crippen LogP contribution is 2.23. The molecule has 1 saturated heterocycles. The number of aromatic nitrogens is 1. The predicted molar refractivity (Wildman–Crippen MR) is 128 cm³/mol. The van der Waals surface area contributed by atoms with Gasteiger partial charge in [0, 0.05) is 32.4 Å². The van der Waals surface area contributed by atoms with Gasteiger partial charge >= 0.3 is 0 Å². The minimum Gasteiger partial charge on any atom is -0.486 e. The molecular weight excluding hydrogens is 422 g/mol. The summed E-state index contributed by atoms with van der Waals surface area (Å²) in [7, 11) is 1.83. The van der Waals surface area contributed by atoms with Crippen molar-refractivity contribution in [3.05, 3.63) is 75.2 Å². The first kappa shape index (κ1) is 22.3. The van der Waals surface area contributed by atoms with Gasteiger partial charge in [-0.25, -0.2) is 4.98 Å². The molecule has 4 rings (SSSR count). The van der Waals surface area contributed by atoms with Crippen molar-refractivity contribution in [3.63, 3.8) is 0 Å². The summed E-state index contributed by atoms with van der Waals surface area (Å²) in [4.78, 5) is 22.3. The van der Waals surface area contributed by atoms with Gasteiger partial charge in [0.2, 0.25) is 0 Å². The van der Waals surface area contributed by atoms with Gasteiger partial charge in [-0.15, -0.1) is 11.3 Å². The number of thiazole rings is 1. The number of carbonyl (C=O) groups is 1. The summed E-state index contributed by atoms with van der Waals surface area (Å²) in [6, 6.07) is 16.3. The first-order chi connectivity index (χ1) is 15.5. The molecule has 7 heteroatoms. The molecule has 0 radical (unpaired) electrons. The highest BCUT2D eigenvalue weighted by atomic mass is 32.1. The van der Waals surface area contributed by atoms with E-state index in [0.29, 0.717) is 18.0 Å². The van der Waals surface area contributed by atoms with Crippen LogP contribution in [0.3, 0.4) is 0 Å². The fraction of sp³-hybridized carbons (Fsp3) is 0.360. The van der Waals surface area contributed by atoms with Crippen molar-refractivity contribution in [2.75, 3.05) is 38.3 Å². The van der Waals surface area contributed by atoms with Gasteiger partial charge < -0.3 is 19.3 Å². The Hall–Kier alpha value is -2.90. The molecule has 1 amide bonds. The van der Waals surface area contributed by atoms with Crippen LogP contribution in [0.15, 0.2) is 48.5 Å². The standard InChI is InChI=1S/C25H29N3O3S/c1-18-4-10-22(11-5-18)31-17-23-26-19(2)24(32-23)25(29)27(3)16-20-6-8-21(9-7-20)28-12-14-30-15-13-28/h4-11H,12-17H2,1-3H3. The summed E-state index contributed by atoms with van der Waals surface area (Å²) in [5.41, 5.74) is 4.23. The second-order valence-corrected chi connectivity index (χ2v) is 9.13. The summed E-state index contributed by atoms with van der Waals surface area (Å²) in [6.07, 6.45) is 0. The van der Waals surface area contributed by atoms with Gasteiger partial charge in [0.15, 0.2) is 0 Å². The normalized spacial score (nSPS) is 13.8. The number of morpholine rings is 1. The lowest BCUT2D eigenvalue weighted by atomic mass is 10.1. The van der Waals surface area contributed by atoms with Gasteiger partial charge in [-0.1, -0.05) is 29.8 Å². The Balaban J connectivity index is 1.35. The Labute approximate surface area is 193 Å². The second kappa shape index (κ2) is 10.1. The van der Waals surface area contributed by atoms with Crippen molar-refractivity contribution < 1.29 is 14.3 Å². The predicted octanol–water partition coefficient (Wildman–Crippen LogP) is 4.45. The van der Waals surface area contributed by atoms with Crippen LogP contribution in [0.2, 0.25) is 0 Å². The molecule has 1 fully saturated rings. The van der Waals surface area contributed by atoms with Crippen LogP contribution in [-0.2, 0) is 17.9 Å². The molecule has 2 aromatic carbocycles. The number of nitrogens with zero attached hydrogens (tertiary/aromatic N) is 3. The number of benzene rings is 2. The average Bonchev–Trinajstić information content (AvgIpc) is 3.19. The quantitative estimate of drug-likeness (QED) is 0.531. The van der Waals surface area contributed by atoms with Gasteiger partial charge in [0.05, 0.1) is 18.9 Å². The number of hydrogen-bond donors (Lipinski definition) is 0. The Bertz CT molecular complexity index is 1040. The van der Waals surface area contributed by atoms with Gasteiger partial charge in [0.25, 0.3) is 5.91 Å². The van der Waals surface area contributed by atoms with Crippen molar-refractivity contribution >= 4 is 22.9 Å². The molecule has 32 heavy (non-hydrogen) atoms. The van der Waals surface area contributed by atoms with Crippen LogP contribution < -0.4 is 9.64 Å². The Morgan fingerprint density at radius 1 is 1.09 bits per heavy atom. The molecule has 0 N–H and O–H groups in total. The Morgan fingerprint density at radius 3 is 2.47 bits per heavy atom. The monoisotopic (exact) mass is 451 g/mol. The SMILES string of the molecule is Cc1ccc(OCc2nc(C)c(C(=O)N(C)Cc3ccc(N4CCOCC4)cc3)s2)cc1. The third-order valence-electron chi connectivity index (χ3n) is 5.50. The van der Waals surface area contributed by atoms with Crippen LogP contribution in [0, 0.1) is 13.8 Å². The zero-order valence-corrected chi connectivity index (χ0v) is 19.7. The number of carbonyl (C=O) groups excluding carboxylic acids is 1. The molecule has 0 bridgehead atoms. The smallest absolute Gasteiger partial charge is 0.265 e. The maximum absolute atomic E-state index is 13.0. The number of ether oxygens (including phenoxy) is 2. The summed E-state index contributed by atoms with van der Waals surface area (Å²) >= 11 is 1.40. The highest BCUT2D eigenvalue weighted by molar-refractivity contribution is 7.13. The molecular formula is C25H29N3O3S. The maximum Gasteiger partial charge on any atom is 0.265 e. The van der Waals surface area contributed by atoms with E-state index in [1.54, 1.807) is 4.90 Å². The molecule has 0 unspecified atom stereocenters. The minimum absolute atomic E-state index is 0.0150. The van der Waals surface area contributed by atoms with Crippen LogP contribution >= 0.6 is 11.3 Å². The van der Waals surface area contributed by atoms with E-state index in [4.69, 9.17) is 9.47 Å². The Kier molecular flexibility index (Phi) is 7.07. The number of amides is 1. The fourth-order valence-electron chi connectivity index (χ4n) is 3.64. The summed E-state index contributed by atoms with van der Waals surface area (Å²) in [5, 5.41) is 0.801. The number of hydrogen-bond acceptors (Lipinski definition) is 6. The van der Waals surface area contributed by atoms with Crippen molar-refractivity contribution in [1.29, 1.82) is 0 Å². The molecule has 1 aromatic heterocycles. The van der Waals surface area contributed by atoms with E-state index in [0.717, 1.165) is 48.3 Å². The summed E-state index contributed by atoms with van der Waals surface area (Å²) < 4.78 is 11.2. The lowest BCUT2D eigenvalue weighted by Crippen LogP contribution is -2.36. The molecule has 0 aliphatic carbocycles. The maximum atomic E-state index is 13.0. The third kappa shape index (κ3) is 5.47. The molecule has 0 spiro atoms. The van der Waals surface area contributed by atoms with E-state index in [9.17, 15) is 4.79 Å². The molecule has 0 saturated carbocycles. The fourth-order valence-corrected chi connectivity index (χ4v) is 4.62. The highest BCUT2D eigenvalue weighted by Gasteiger charge is 2.20. The largest absolute Gasteiger partial charge is 0.486 e. The average molecular weight is 452 g/mol. The van der Waals surface area contributed by atoms with E-state index in [1.165, 1.54) is 22.6 Å². The molecule has 0 atom stereocenters. The van der Waals surface area contributed by atoms with E-state index in [-0.39, 0.29) is 5.91 Å². The molecule has 3 aromatic rings. The van der Waals surface area contributed by atoms with Crippen LogP contribution in [0.25, 0.3) is 0 Å². The summed E-state index contributed by atoms with van der Waals surface area (Å²) in [5.74, 6) is 0.785. The molecule has 6 nitrogen and oxygen atoms in total. The summed E-state index contributed by atoms with van der Waals surface area (Å²) in [6.45, 7) is 8.20. The zero-order chi connectivity index (χ0) is 22.5. The van der Waals surface area contributed by atoms with Gasteiger partial charge in [-0.3, -0.25) is 4.79 Å². The lowest BCUT2D eigenvalue weighted by molar-refractivity contribution is 0.0789. The van der Waals surface area contributed by atoms with Crippen LogP contribution in [-0.4, -0.2) is 49.1 Å². The number of rotatable bonds is 7. The van der Waals surface area contributed by atoms with Gasteiger partial charge in [-0.2, -0.15) is 0 Å². The van der Waals surface area contributed by atoms with Crippen molar-refractivity contribution in [3.8, 4) is 5.75 Å². The van der Waals surface area contributed by atoms with E-state index in [1.807, 2.05) is 45.2 Å². The van der Waals surface area contributed by atoms with Crippen molar-refractivity contribution in [2.24, 2.45) is 0 Å². The van der Waals surface area contributed by atoms with Crippen molar-refractivity contribution in [2.45, 2.75) is 27.0 Å². The molecule has 2 heterocycles. The van der Waals surface area contributed by atoms with Crippen molar-refractivity contribution in [1.82, 2.24) is 9.88 Å². The Morgan fingerprint density at radius 2 is 1.78 bits per heavy atom. The topological polar surface area (TPSA) is 54.9 Å². The molecule has 1 aliphatic heterocycles. The number of anilines is 1. The lowest BCUT2D eigenvalue weighted by Gasteiger charge is -2.29. The van der Waals surface area contributed by atoms with Gasteiger partial charge in [0.1, 0.15) is 22.2 Å². The van der Waals surface area contributed by atoms with Gasteiger partial charge in [-0.05, 0) is 43.7 Å². The molecule has 1 aliphatic rings. The number of aryl methyl sites for hydroxylation is 2. The third-order valence-corrected chi connectivity index (χ3v) is 6.62. The van der Waals surface area contributed by atoms with Crippen LogP contribution in [0.1, 0.15) is 31.5 Å². The van der Waals surface area contributed by atoms with E-state index < -0.39 is 0 Å². The zero-order valence-electron chi connectivity index (χ0n) is 18.8. The minimum atomic E-state index is -0.0150. The van der Waals surface area contributed by atoms with Crippen LogP contribution in [0.5, 0.6) is 5.75 Å². The molecule has 168 valence electrons. The first-order valence-electron chi connectivity index (χ1n) is 10.8. The first-order valence-corrected chi connectivity index (χ1v) is 11.6. The van der Waals surface area contributed by atoms with E-state index >= 15 is 0 Å². The van der Waals surface area contributed by atoms with E-state index in [2.05, 4.69) is 34.1 Å². The van der Waals surface area contributed by atoms with Crippen LogP contribution in [0.4, 0.5) is 5.69 Å². The second-order valence-electron chi connectivity index (χ2n) is 8.05.